The molecule has 0 radical (unpaired) electrons. The molecule has 0 bridgehead atoms. The van der Waals surface area contributed by atoms with Crippen molar-refractivity contribution in [1.82, 2.24) is 50.2 Å². The number of hydrogen-bond acceptors (Lipinski definition) is 13. The van der Waals surface area contributed by atoms with Gasteiger partial charge in [-0.3, -0.25) is 52.7 Å². The van der Waals surface area contributed by atoms with Gasteiger partial charge in [-0.1, -0.05) is 102 Å². The Labute approximate surface area is 508 Å². The second kappa shape index (κ2) is 36.1. The molecule has 0 spiro atoms. The minimum atomic E-state index is -1.63. The van der Waals surface area contributed by atoms with Crippen molar-refractivity contribution in [3.8, 4) is 0 Å². The summed E-state index contributed by atoms with van der Waals surface area (Å²) in [5, 5.41) is 30.1. The van der Waals surface area contributed by atoms with E-state index in [2.05, 4.69) is 16.0 Å². The third-order valence-corrected chi connectivity index (χ3v) is 15.9. The fraction of sp³-hybridized carbons (Fsp3) is 0.787. The van der Waals surface area contributed by atoms with E-state index in [9.17, 15) is 53.4 Å². The maximum absolute atomic E-state index is 15.1. The molecule has 7 N–H and O–H groups in total. The van der Waals surface area contributed by atoms with Crippen molar-refractivity contribution in [2.45, 2.75) is 216 Å². The average Bonchev–Trinajstić information content (AvgIpc) is 2.55. The van der Waals surface area contributed by atoms with Crippen molar-refractivity contribution in [2.24, 2.45) is 47.2 Å². The second-order valence-corrected chi connectivity index (χ2v) is 25.3. The number of nitrogens with two attached hydrogens (primary N) is 1. The Hall–Kier alpha value is -6.17. The topological polar surface area (TPSA) is 313 Å². The van der Waals surface area contributed by atoms with Crippen LogP contribution in [0.4, 0.5) is 0 Å². The lowest BCUT2D eigenvalue weighted by molar-refractivity contribution is -0.157. The summed E-state index contributed by atoms with van der Waals surface area (Å²) in [6, 6.07) is -11.0. The predicted molar refractivity (Wildman–Crippen MR) is 327 cm³/mol. The third kappa shape index (κ3) is 22.9. The van der Waals surface area contributed by atoms with Crippen LogP contribution < -0.4 is 21.7 Å². The number of carbonyl (C=O) groups excluding carboxylic acids is 11. The van der Waals surface area contributed by atoms with Crippen molar-refractivity contribution < 1.29 is 63.0 Å². The first-order valence-electron chi connectivity index (χ1n) is 30.1. The van der Waals surface area contributed by atoms with Gasteiger partial charge in [0, 0.05) is 55.3 Å². The number of hydrogen-bond donors (Lipinski definition) is 6. The number of primary amides is 1. The van der Waals surface area contributed by atoms with Crippen molar-refractivity contribution in [1.29, 1.82) is 0 Å². The van der Waals surface area contributed by atoms with Gasteiger partial charge in [0.15, 0.2) is 0 Å². The largest absolute Gasteiger partial charge is 0.391 e. The SMILES string of the molecule is C/C=C/C[C@@H](C)[C@H](O)C(C(=O)N[C@H](CC)C(=O)N(C)CC(=O)N(C)C(C(N)=O)[C@H](C)O)N(C)C(=O)[C@@H](C(C)C)N(C)C(=O)[C@@H](CC(C)C)N(C)C(=O)[C@@H](CC(C)C)N(C)C(=O)[C@H](C)NC(=O)[C@@H](C)NC(=O)[C@H](CC(C)C)N(C)C(=O)[C@H](C)C(C)C. The lowest BCUT2D eigenvalue weighted by Gasteiger charge is -2.41. The molecule has 24 heteroatoms. The van der Waals surface area contributed by atoms with Gasteiger partial charge in [0.1, 0.15) is 54.4 Å². The molecule has 0 fully saturated rings. The van der Waals surface area contributed by atoms with Gasteiger partial charge in [-0.2, -0.15) is 0 Å². The molecule has 11 amide bonds. The van der Waals surface area contributed by atoms with Crippen LogP contribution in [0.5, 0.6) is 0 Å². The fourth-order valence-electron chi connectivity index (χ4n) is 10.2. The highest BCUT2D eigenvalue weighted by Gasteiger charge is 2.45. The van der Waals surface area contributed by atoms with E-state index in [0.29, 0.717) is 12.8 Å². The maximum atomic E-state index is 15.1. The fourth-order valence-corrected chi connectivity index (χ4v) is 10.2. The summed E-state index contributed by atoms with van der Waals surface area (Å²) in [6.45, 7) is 29.1. The summed E-state index contributed by atoms with van der Waals surface area (Å²) < 4.78 is 0. The smallest absolute Gasteiger partial charge is 0.246 e. The van der Waals surface area contributed by atoms with Gasteiger partial charge in [0.25, 0.3) is 0 Å². The Balaban J connectivity index is 7.06. The highest BCUT2D eigenvalue weighted by atomic mass is 16.3. The molecular weight excluding hydrogens is 1090 g/mol. The van der Waals surface area contributed by atoms with Crippen LogP contribution in [0.25, 0.3) is 0 Å². The second-order valence-electron chi connectivity index (χ2n) is 25.3. The van der Waals surface area contributed by atoms with E-state index in [1.54, 1.807) is 60.7 Å². The average molecular weight is 1210 g/mol. The molecular formula is C61H111N11O13. The molecule has 0 heterocycles. The van der Waals surface area contributed by atoms with Crippen LogP contribution in [0.1, 0.15) is 150 Å². The van der Waals surface area contributed by atoms with Crippen LogP contribution in [-0.4, -0.2) is 232 Å². The van der Waals surface area contributed by atoms with Crippen LogP contribution in [0.2, 0.25) is 0 Å². The summed E-state index contributed by atoms with van der Waals surface area (Å²) in [7, 11) is 9.77. The van der Waals surface area contributed by atoms with Crippen LogP contribution in [0.15, 0.2) is 12.2 Å². The van der Waals surface area contributed by atoms with Crippen LogP contribution in [0.3, 0.4) is 0 Å². The zero-order valence-electron chi connectivity index (χ0n) is 55.9. The Morgan fingerprint density at radius 3 is 1.33 bits per heavy atom. The molecule has 0 aromatic heterocycles. The normalized spacial score (nSPS) is 16.4. The predicted octanol–water partition coefficient (Wildman–Crippen LogP) is 2.23. The Bertz CT molecular complexity index is 2290. The lowest BCUT2D eigenvalue weighted by atomic mass is 9.91. The standard InChI is InChI=1S/C61H111N11O13/c1-25-27-28-38(13)51(75)50(55(79)65-43(26-2)58(82)66(18)32-47(74)70(22)49(42(17)73)52(62)76)72(24)61(85)48(37(11)12)71(23)60(84)46(31-35(7)8)69(21)59(83)45(30-34(5)6)68(20)57(81)41(16)64-53(77)40(15)63-54(78)44(29-33(3)4)67(19)56(80)39(14)36(9)10/h25,27,33-46,48-51,73,75H,26,28-32H2,1-24H3,(H2,62,76)(H,63,78)(H,64,77)(H,65,79)/b27-25+/t38-,39-,40-,41+,42+,43-,44+,45-,46-,48-,49?,50?,51+/m1/s1. The van der Waals surface area contributed by atoms with E-state index in [0.717, 1.165) is 14.7 Å². The summed E-state index contributed by atoms with van der Waals surface area (Å²) in [4.78, 5) is 162. The Morgan fingerprint density at radius 1 is 0.471 bits per heavy atom. The van der Waals surface area contributed by atoms with Gasteiger partial charge < -0.3 is 66.2 Å². The summed E-state index contributed by atoms with van der Waals surface area (Å²) >= 11 is 0. The first-order valence-corrected chi connectivity index (χ1v) is 30.1. The number of carbonyl (C=O) groups is 11. The molecule has 0 saturated heterocycles. The van der Waals surface area contributed by atoms with E-state index in [4.69, 9.17) is 5.73 Å². The highest BCUT2D eigenvalue weighted by Crippen LogP contribution is 2.25. The molecule has 24 nitrogen and oxygen atoms in total. The minimum absolute atomic E-state index is 0.0135. The molecule has 0 aromatic rings. The van der Waals surface area contributed by atoms with Crippen LogP contribution in [-0.2, 0) is 52.7 Å². The van der Waals surface area contributed by atoms with Crippen molar-refractivity contribution in [2.75, 3.05) is 55.9 Å². The number of aliphatic hydroxyl groups is 2. The molecule has 85 heavy (non-hydrogen) atoms. The van der Waals surface area contributed by atoms with E-state index < -0.39 is 144 Å². The zero-order valence-corrected chi connectivity index (χ0v) is 55.9. The van der Waals surface area contributed by atoms with Crippen molar-refractivity contribution in [3.63, 3.8) is 0 Å². The van der Waals surface area contributed by atoms with Crippen LogP contribution >= 0.6 is 0 Å². The van der Waals surface area contributed by atoms with Crippen molar-refractivity contribution in [3.05, 3.63) is 12.2 Å². The summed E-state index contributed by atoms with van der Waals surface area (Å²) in [5.41, 5.74) is 5.42. The van der Waals surface area contributed by atoms with Gasteiger partial charge in [-0.25, -0.2) is 0 Å². The number of aliphatic hydroxyl groups excluding tert-OH is 2. The molecule has 2 unspecified atom stereocenters. The molecule has 0 aromatic carbocycles. The van der Waals surface area contributed by atoms with E-state index in [1.165, 1.54) is 82.7 Å². The molecule has 0 rings (SSSR count). The quantitative estimate of drug-likeness (QED) is 0.0497. The molecule has 488 valence electrons. The molecule has 0 aliphatic rings. The molecule has 13 atom stereocenters. The first-order chi connectivity index (χ1) is 39.1. The van der Waals surface area contributed by atoms with E-state index >= 15 is 9.59 Å². The number of amides is 11. The van der Waals surface area contributed by atoms with Gasteiger partial charge in [0.05, 0.1) is 18.8 Å². The number of likely N-dealkylation sites (N-methyl/N-ethyl adjacent to an activating group) is 7. The zero-order chi connectivity index (χ0) is 66.6. The van der Waals surface area contributed by atoms with E-state index in [-0.39, 0.29) is 54.8 Å². The van der Waals surface area contributed by atoms with Gasteiger partial charge in [-0.05, 0) is 95.3 Å². The number of nitrogens with zero attached hydrogens (tertiary/aromatic N) is 7. The highest BCUT2D eigenvalue weighted by molar-refractivity contribution is 5.98. The molecule has 0 aliphatic carbocycles. The summed E-state index contributed by atoms with van der Waals surface area (Å²) in [6.07, 6.45) is 1.66. The first kappa shape index (κ1) is 78.8. The van der Waals surface area contributed by atoms with E-state index in [1.807, 2.05) is 55.4 Å². The third-order valence-electron chi connectivity index (χ3n) is 15.9. The summed E-state index contributed by atoms with van der Waals surface area (Å²) in [5.74, 6) is -9.11. The number of nitrogens with one attached hydrogen (secondary N) is 3. The molecule has 0 saturated carbocycles. The lowest BCUT2D eigenvalue weighted by Crippen LogP contribution is -2.63. The number of allylic oxidation sites excluding steroid dienone is 2. The molecule has 0 aliphatic heterocycles. The Kier molecular flexibility index (Phi) is 33.5. The Morgan fingerprint density at radius 2 is 0.906 bits per heavy atom. The maximum Gasteiger partial charge on any atom is 0.246 e. The minimum Gasteiger partial charge on any atom is -0.391 e. The van der Waals surface area contributed by atoms with Crippen LogP contribution in [0, 0.1) is 41.4 Å². The number of rotatable bonds is 35. The van der Waals surface area contributed by atoms with Gasteiger partial charge >= 0.3 is 0 Å². The van der Waals surface area contributed by atoms with Gasteiger partial charge in [0.2, 0.25) is 65.0 Å². The van der Waals surface area contributed by atoms with Crippen molar-refractivity contribution >= 4 is 65.0 Å². The van der Waals surface area contributed by atoms with Gasteiger partial charge in [-0.15, -0.1) is 0 Å². The monoisotopic (exact) mass is 1210 g/mol.